The van der Waals surface area contributed by atoms with Crippen molar-refractivity contribution >= 4 is 17.5 Å². The average Bonchev–Trinajstić information content (AvgIpc) is 2.71. The van der Waals surface area contributed by atoms with Crippen LogP contribution in [0.4, 0.5) is 5.69 Å². The van der Waals surface area contributed by atoms with Crippen molar-refractivity contribution in [2.45, 2.75) is 6.54 Å². The van der Waals surface area contributed by atoms with Crippen molar-refractivity contribution in [3.05, 3.63) is 53.6 Å². The summed E-state index contributed by atoms with van der Waals surface area (Å²) in [5.74, 6) is 0.125. The van der Waals surface area contributed by atoms with E-state index < -0.39 is 0 Å². The lowest BCUT2D eigenvalue weighted by atomic mass is 10.1. The van der Waals surface area contributed by atoms with E-state index in [1.54, 1.807) is 36.7 Å². The van der Waals surface area contributed by atoms with Crippen LogP contribution in [-0.2, 0) is 6.54 Å². The van der Waals surface area contributed by atoms with Gasteiger partial charge in [0.25, 0.3) is 11.8 Å². The quantitative estimate of drug-likeness (QED) is 0.849. The lowest BCUT2D eigenvalue weighted by molar-refractivity contribution is 0.0693. The number of benzene rings is 1. The third-order valence-electron chi connectivity index (χ3n) is 3.16. The van der Waals surface area contributed by atoms with E-state index >= 15 is 0 Å². The van der Waals surface area contributed by atoms with Crippen molar-refractivity contribution in [1.29, 1.82) is 0 Å². The molecule has 100 valence electrons. The zero-order valence-corrected chi connectivity index (χ0v) is 10.8. The highest BCUT2D eigenvalue weighted by Crippen LogP contribution is 2.24. The van der Waals surface area contributed by atoms with Crippen molar-refractivity contribution in [1.82, 2.24) is 14.9 Å². The Kier molecular flexibility index (Phi) is 2.90. The maximum Gasteiger partial charge on any atom is 0.261 e. The minimum absolute atomic E-state index is 0.261. The molecule has 6 heteroatoms. The van der Waals surface area contributed by atoms with Gasteiger partial charge in [0.15, 0.2) is 0 Å². The molecule has 20 heavy (non-hydrogen) atoms. The normalized spacial score (nSPS) is 13.6. The average molecular weight is 268 g/mol. The lowest BCUT2D eigenvalue weighted by Crippen LogP contribution is -2.24. The largest absolute Gasteiger partial charge is 0.378 e. The number of nitrogens with zero attached hydrogens (tertiary/aromatic N) is 3. The Morgan fingerprint density at radius 2 is 1.80 bits per heavy atom. The first-order valence-corrected chi connectivity index (χ1v) is 6.13. The van der Waals surface area contributed by atoms with Crippen LogP contribution >= 0.6 is 0 Å². The van der Waals surface area contributed by atoms with Crippen molar-refractivity contribution in [3.8, 4) is 0 Å². The summed E-state index contributed by atoms with van der Waals surface area (Å²) >= 11 is 0. The Hall–Kier alpha value is -2.76. The second-order valence-corrected chi connectivity index (χ2v) is 4.45. The van der Waals surface area contributed by atoms with Crippen molar-refractivity contribution < 1.29 is 9.59 Å². The smallest absolute Gasteiger partial charge is 0.261 e. The van der Waals surface area contributed by atoms with Gasteiger partial charge < -0.3 is 5.32 Å². The third-order valence-corrected chi connectivity index (χ3v) is 3.16. The van der Waals surface area contributed by atoms with E-state index in [1.807, 2.05) is 0 Å². The molecule has 0 aliphatic carbocycles. The summed E-state index contributed by atoms with van der Waals surface area (Å²) in [5, 5.41) is 3.13. The summed E-state index contributed by atoms with van der Waals surface area (Å²) in [4.78, 5) is 33.0. The predicted molar refractivity (Wildman–Crippen MR) is 72.2 cm³/mol. The Labute approximate surface area is 115 Å². The number of nitrogens with one attached hydrogen (secondary N) is 1. The first-order chi connectivity index (χ1) is 9.66. The van der Waals surface area contributed by atoms with Gasteiger partial charge >= 0.3 is 0 Å². The number of amides is 2. The molecule has 1 N–H and O–H groups in total. The summed E-state index contributed by atoms with van der Waals surface area (Å²) < 4.78 is 0. The standard InChI is InChI=1S/C14H12N4O2/c1-18-13(19)10-4-3-9(7-11(10)14(18)20)17-8-12-15-5-2-6-16-12/h2-7,17H,8H2,1H3. The second kappa shape index (κ2) is 4.73. The molecule has 2 heterocycles. The highest BCUT2D eigenvalue weighted by Gasteiger charge is 2.32. The Morgan fingerprint density at radius 1 is 1.10 bits per heavy atom. The molecule has 0 bridgehead atoms. The Morgan fingerprint density at radius 3 is 2.55 bits per heavy atom. The zero-order chi connectivity index (χ0) is 14.1. The van der Waals surface area contributed by atoms with Gasteiger partial charge in [0, 0.05) is 25.1 Å². The fraction of sp³-hybridized carbons (Fsp3) is 0.143. The van der Waals surface area contributed by atoms with E-state index in [0.29, 0.717) is 23.5 Å². The highest BCUT2D eigenvalue weighted by molar-refractivity contribution is 6.21. The lowest BCUT2D eigenvalue weighted by Gasteiger charge is -2.06. The van der Waals surface area contributed by atoms with Crippen molar-refractivity contribution in [3.63, 3.8) is 0 Å². The molecule has 1 aliphatic heterocycles. The van der Waals surface area contributed by atoms with Gasteiger partial charge in [-0.25, -0.2) is 9.97 Å². The van der Waals surface area contributed by atoms with Crippen LogP contribution in [0.15, 0.2) is 36.7 Å². The molecule has 0 spiro atoms. The second-order valence-electron chi connectivity index (χ2n) is 4.45. The molecule has 0 atom stereocenters. The molecule has 2 aromatic rings. The van der Waals surface area contributed by atoms with Crippen molar-refractivity contribution in [2.75, 3.05) is 12.4 Å². The monoisotopic (exact) mass is 268 g/mol. The molecule has 0 saturated heterocycles. The van der Waals surface area contributed by atoms with Crippen LogP contribution in [0.25, 0.3) is 0 Å². The van der Waals surface area contributed by atoms with Gasteiger partial charge in [-0.1, -0.05) is 0 Å². The molecule has 0 fully saturated rings. The van der Waals surface area contributed by atoms with Gasteiger partial charge in [0.2, 0.25) is 0 Å². The number of hydrogen-bond donors (Lipinski definition) is 1. The van der Waals surface area contributed by atoms with Crippen LogP contribution in [0.2, 0.25) is 0 Å². The van der Waals surface area contributed by atoms with Gasteiger partial charge in [-0.05, 0) is 24.3 Å². The van der Waals surface area contributed by atoms with Crippen LogP contribution in [0, 0.1) is 0 Å². The molecular formula is C14H12N4O2. The van der Waals surface area contributed by atoms with E-state index in [1.165, 1.54) is 7.05 Å². The van der Waals surface area contributed by atoms with Crippen LogP contribution in [-0.4, -0.2) is 33.7 Å². The summed E-state index contributed by atoms with van der Waals surface area (Å²) in [5.41, 5.74) is 1.63. The summed E-state index contributed by atoms with van der Waals surface area (Å²) in [6.07, 6.45) is 3.34. The third kappa shape index (κ3) is 2.01. The topological polar surface area (TPSA) is 75.2 Å². The summed E-state index contributed by atoms with van der Waals surface area (Å²) in [6, 6.07) is 6.86. The van der Waals surface area contributed by atoms with Gasteiger partial charge in [-0.3, -0.25) is 14.5 Å². The molecule has 1 aliphatic rings. The first-order valence-electron chi connectivity index (χ1n) is 6.13. The number of carbonyl (C=O) groups excluding carboxylic acids is 2. The van der Waals surface area contributed by atoms with Gasteiger partial charge in [0.05, 0.1) is 17.7 Å². The molecule has 0 saturated carbocycles. The number of aromatic nitrogens is 2. The molecule has 2 amide bonds. The number of fused-ring (bicyclic) bond motifs is 1. The molecule has 6 nitrogen and oxygen atoms in total. The van der Waals surface area contributed by atoms with Gasteiger partial charge in [-0.15, -0.1) is 0 Å². The van der Waals surface area contributed by atoms with E-state index in [0.717, 1.165) is 10.6 Å². The number of hydrogen-bond acceptors (Lipinski definition) is 5. The molecule has 3 rings (SSSR count). The van der Waals surface area contributed by atoms with E-state index in [4.69, 9.17) is 0 Å². The number of anilines is 1. The summed E-state index contributed by atoms with van der Waals surface area (Å²) in [7, 11) is 1.48. The van der Waals surface area contributed by atoms with Crippen molar-refractivity contribution in [2.24, 2.45) is 0 Å². The zero-order valence-electron chi connectivity index (χ0n) is 10.8. The maximum absolute atomic E-state index is 11.9. The molecule has 0 radical (unpaired) electrons. The molecular weight excluding hydrogens is 256 g/mol. The fourth-order valence-electron chi connectivity index (χ4n) is 2.07. The first kappa shape index (κ1) is 12.3. The van der Waals surface area contributed by atoms with E-state index in [2.05, 4.69) is 15.3 Å². The Balaban J connectivity index is 1.80. The van der Waals surface area contributed by atoms with Crippen LogP contribution in [0.3, 0.4) is 0 Å². The number of carbonyl (C=O) groups is 2. The van der Waals surface area contributed by atoms with Gasteiger partial charge in [-0.2, -0.15) is 0 Å². The molecule has 0 unspecified atom stereocenters. The Bertz CT molecular complexity index is 685. The molecule has 1 aromatic heterocycles. The fourth-order valence-corrected chi connectivity index (χ4v) is 2.07. The van der Waals surface area contributed by atoms with E-state index in [-0.39, 0.29) is 11.8 Å². The number of imide groups is 1. The molecule has 1 aromatic carbocycles. The minimum atomic E-state index is -0.274. The predicted octanol–water partition coefficient (Wildman–Crippen LogP) is 1.31. The van der Waals surface area contributed by atoms with Crippen LogP contribution < -0.4 is 5.32 Å². The van der Waals surface area contributed by atoms with E-state index in [9.17, 15) is 9.59 Å². The number of rotatable bonds is 3. The summed E-state index contributed by atoms with van der Waals surface area (Å²) in [6.45, 7) is 0.456. The SMILES string of the molecule is CN1C(=O)c2ccc(NCc3ncccn3)cc2C1=O. The maximum atomic E-state index is 11.9. The highest BCUT2D eigenvalue weighted by atomic mass is 16.2. The minimum Gasteiger partial charge on any atom is -0.378 e. The van der Waals surface area contributed by atoms with Gasteiger partial charge in [0.1, 0.15) is 5.82 Å². The van der Waals surface area contributed by atoms with Crippen LogP contribution in [0.5, 0.6) is 0 Å². The van der Waals surface area contributed by atoms with Crippen LogP contribution in [0.1, 0.15) is 26.5 Å².